The summed E-state index contributed by atoms with van der Waals surface area (Å²) in [7, 11) is 0. The van der Waals surface area contributed by atoms with Crippen molar-refractivity contribution in [1.29, 1.82) is 0 Å². The van der Waals surface area contributed by atoms with Crippen molar-refractivity contribution in [2.24, 2.45) is 0 Å². The van der Waals surface area contributed by atoms with Gasteiger partial charge in [0.15, 0.2) is 0 Å². The van der Waals surface area contributed by atoms with E-state index in [0.29, 0.717) is 0 Å². The van der Waals surface area contributed by atoms with Gasteiger partial charge in [-0.3, -0.25) is 4.98 Å². The first-order chi connectivity index (χ1) is 61.5. The largest absolute Gasteiger partial charge is 0.649 e. The highest BCUT2D eigenvalue weighted by atomic mass is 27.1. The number of rotatable bonds is 18. The lowest BCUT2D eigenvalue weighted by Crippen LogP contribution is -2.09. The first kappa shape index (κ1) is 78.1. The zero-order valence-corrected chi connectivity index (χ0v) is 69.9. The number of pyridine rings is 1. The average molecular weight is 1600 g/mol. The molecular weight excluding hydrogens is 1510 g/mol. The van der Waals surface area contributed by atoms with Gasteiger partial charge in [-0.25, -0.2) is 0 Å². The predicted octanol–water partition coefficient (Wildman–Crippen LogP) is 32.4. The van der Waals surface area contributed by atoms with Crippen LogP contribution in [0.3, 0.4) is 0 Å². The second kappa shape index (κ2) is 36.9. The van der Waals surface area contributed by atoms with Crippen LogP contribution in [0.5, 0.6) is 5.75 Å². The molecule has 5 heteroatoms. The number of hydrogen-bond donors (Lipinski definition) is 0. The number of hydrogen-bond acceptors (Lipinski definition) is 4. The summed E-state index contributed by atoms with van der Waals surface area (Å²) >= 11 is 1.47. The predicted molar refractivity (Wildman–Crippen MR) is 531 cm³/mol. The average Bonchev–Trinajstić information content (AvgIpc) is 0.707. The fourth-order valence-corrected chi connectivity index (χ4v) is 17.4. The van der Waals surface area contributed by atoms with E-state index in [0.717, 1.165) is 73.0 Å². The van der Waals surface area contributed by atoms with Crippen molar-refractivity contribution in [2.75, 3.05) is 9.80 Å². The van der Waals surface area contributed by atoms with Crippen molar-refractivity contribution in [2.45, 2.75) is 0 Å². The molecule has 585 valence electrons. The van der Waals surface area contributed by atoms with Crippen molar-refractivity contribution in [1.82, 2.24) is 4.98 Å². The molecule has 0 saturated carbocycles. The Bertz CT molecular complexity index is 6720. The molecule has 1 heterocycles. The van der Waals surface area contributed by atoms with E-state index in [1.807, 2.05) is 30.3 Å². The van der Waals surface area contributed by atoms with E-state index < -0.39 is 0 Å². The van der Waals surface area contributed by atoms with Crippen LogP contribution in [0.4, 0.5) is 34.1 Å². The van der Waals surface area contributed by atoms with Crippen LogP contribution in [0.1, 0.15) is 22.3 Å². The van der Waals surface area contributed by atoms with E-state index in [1.165, 1.54) is 138 Å². The Kier molecular flexibility index (Phi) is 23.2. The summed E-state index contributed by atoms with van der Waals surface area (Å²) in [5.74, 6) is 0.839. The highest BCUT2D eigenvalue weighted by Gasteiger charge is 2.25. The number of benzene rings is 20. The molecule has 1 aromatic heterocycles. The third kappa shape index (κ3) is 16.7. The van der Waals surface area contributed by atoms with Gasteiger partial charge >= 0.3 is 16.6 Å². The number of nitrogens with zero attached hydrogens (tertiary/aromatic N) is 3. The van der Waals surface area contributed by atoms with Crippen LogP contribution in [-0.4, -0.2) is 21.6 Å². The van der Waals surface area contributed by atoms with Crippen molar-refractivity contribution in [3.05, 3.63) is 508 Å². The molecule has 4 nitrogen and oxygen atoms in total. The standard InChI is InChI=1S/C64H42.C46H36N2.C9H7NO.Al.H/c1-3-19-43(20-4-1)45-35-39-47(40-36-45)49-23-7-9-25-51(49)61-53-27-11-15-31-57(53)63(58-32-16-12-28-54(58)61)64-59-33-17-13-29-55(59)62(56-30-14-18-34-60(56)64)52-26-10-8-24-50(52)48-41-37-46(38-42-48)44-21-5-2-6-22-44;1-5-13-41(14-6-1)47(42-15-7-2-8-16-42)45-33-29-39(30-34-45)27-25-37-21-23-38(24-22-37)26-28-40-31-35-46(36-32-40)48(43-17-9-3-10-18-43)44-19-11-4-12-20-44;11-8-5-1-3-7-4-2-6-10-9(7)8;;/h1-42H;1-36H;1-6,11H;;/q;;;+1;/p-1/b;27-25+,28-26+;;;. The van der Waals surface area contributed by atoms with Gasteiger partial charge in [0.1, 0.15) is 11.3 Å². The highest BCUT2D eigenvalue weighted by molar-refractivity contribution is 6.31. The molecule has 21 rings (SSSR count). The molecule has 124 heavy (non-hydrogen) atoms. The van der Waals surface area contributed by atoms with Gasteiger partial charge in [-0.2, -0.15) is 0 Å². The topological polar surface area (TPSA) is 28.6 Å². The minimum atomic E-state index is 0.839. The Morgan fingerprint density at radius 3 is 0.750 bits per heavy atom. The molecule has 0 amide bonds. The Morgan fingerprint density at radius 1 is 0.194 bits per heavy atom. The first-order valence-electron chi connectivity index (χ1n) is 42.1. The molecule has 0 bridgehead atoms. The summed E-state index contributed by atoms with van der Waals surface area (Å²) in [5.41, 5.74) is 29.6. The molecule has 0 saturated heterocycles. The van der Waals surface area contributed by atoms with Gasteiger partial charge in [0.2, 0.25) is 0 Å². The van der Waals surface area contributed by atoms with E-state index in [9.17, 15) is 0 Å². The number of anilines is 6. The van der Waals surface area contributed by atoms with Gasteiger partial charge in [-0.1, -0.05) is 419 Å². The minimum Gasteiger partial charge on any atom is -0.649 e. The SMILES string of the molecule is C(=C\c1ccc(N(c2ccccc2)c2ccccc2)cc1)/c1ccc(/C=C/c2ccc(N(c3ccccc3)c3ccccc3)cc2)cc1.[AlH][O]c1cccc2cccnc12.c1ccc(-c2ccc(-c3ccccc3-c3c4ccccc4c(-c4c5ccccc5c(-c5ccccc5-c5ccc(-c6ccccc6)cc5)c5ccccc45)c4ccccc34)cc2)cc1. The molecule has 1 radical (unpaired) electrons. The highest BCUT2D eigenvalue weighted by Crippen LogP contribution is 2.53. The van der Waals surface area contributed by atoms with E-state index in [2.05, 4.69) is 488 Å². The van der Waals surface area contributed by atoms with Gasteiger partial charge in [0, 0.05) is 45.7 Å². The van der Waals surface area contributed by atoms with E-state index in [1.54, 1.807) is 6.20 Å². The first-order valence-corrected chi connectivity index (χ1v) is 42.7. The van der Waals surface area contributed by atoms with Crippen LogP contribution < -0.4 is 13.6 Å². The van der Waals surface area contributed by atoms with Crippen LogP contribution in [0.15, 0.2) is 485 Å². The second-order valence-corrected chi connectivity index (χ2v) is 31.0. The van der Waals surface area contributed by atoms with Crippen molar-refractivity contribution in [3.8, 4) is 83.6 Å². The number of aromatic nitrogens is 1. The fraction of sp³-hybridized carbons (Fsp3) is 0. The lowest BCUT2D eigenvalue weighted by atomic mass is 9.79. The van der Waals surface area contributed by atoms with E-state index in [-0.39, 0.29) is 0 Å². The zero-order chi connectivity index (χ0) is 83.2. The lowest BCUT2D eigenvalue weighted by Gasteiger charge is -2.25. The molecule has 20 aromatic carbocycles. The van der Waals surface area contributed by atoms with Gasteiger partial charge in [-0.05, 0) is 228 Å². The van der Waals surface area contributed by atoms with E-state index in [4.69, 9.17) is 3.79 Å². The maximum Gasteiger partial charge on any atom is 0.494 e. The molecule has 0 atom stereocenters. The summed E-state index contributed by atoms with van der Waals surface area (Å²) in [5, 5.41) is 11.1. The van der Waals surface area contributed by atoms with Crippen molar-refractivity contribution in [3.63, 3.8) is 0 Å². The third-order valence-corrected chi connectivity index (χ3v) is 23.4. The number of fused-ring (bicyclic) bond motifs is 5. The van der Waals surface area contributed by atoms with Gasteiger partial charge in [0.05, 0.1) is 0 Å². The summed E-state index contributed by atoms with van der Waals surface area (Å²) in [6, 6.07) is 171. The molecular formula is C119H85AlN3O. The molecule has 0 fully saturated rings. The fourth-order valence-electron chi connectivity index (χ4n) is 17.2. The minimum absolute atomic E-state index is 0.839. The Hall–Kier alpha value is -15.7. The van der Waals surface area contributed by atoms with Gasteiger partial charge in [0.25, 0.3) is 0 Å². The maximum absolute atomic E-state index is 5.19. The molecule has 0 N–H and O–H groups in total. The smallest absolute Gasteiger partial charge is 0.494 e. The maximum atomic E-state index is 5.19. The zero-order valence-electron chi connectivity index (χ0n) is 68.5. The van der Waals surface area contributed by atoms with Crippen molar-refractivity contribution >= 4 is 129 Å². The Morgan fingerprint density at radius 2 is 0.435 bits per heavy atom. The summed E-state index contributed by atoms with van der Waals surface area (Å²) in [6.45, 7) is 0. The van der Waals surface area contributed by atoms with Crippen LogP contribution in [0, 0.1) is 0 Å². The molecule has 21 aromatic rings. The molecule has 0 aliphatic rings. The Labute approximate surface area is 733 Å². The van der Waals surface area contributed by atoms with Crippen molar-refractivity contribution < 1.29 is 3.79 Å². The molecule has 0 unspecified atom stereocenters. The molecule has 0 spiro atoms. The second-order valence-electron chi connectivity index (χ2n) is 30.7. The van der Waals surface area contributed by atoms with Crippen LogP contribution in [0.2, 0.25) is 0 Å². The monoisotopic (exact) mass is 1600 g/mol. The quantitative estimate of drug-likeness (QED) is 0.0486. The van der Waals surface area contributed by atoms with Crippen LogP contribution in [-0.2, 0) is 0 Å². The summed E-state index contributed by atoms with van der Waals surface area (Å²) in [6.07, 6.45) is 10.4. The van der Waals surface area contributed by atoms with E-state index >= 15 is 0 Å². The summed E-state index contributed by atoms with van der Waals surface area (Å²) in [4.78, 5) is 8.78. The van der Waals surface area contributed by atoms with Crippen LogP contribution >= 0.6 is 0 Å². The third-order valence-electron chi connectivity index (χ3n) is 23.1. The summed E-state index contributed by atoms with van der Waals surface area (Å²) < 4.78 is 5.19. The number of para-hydroxylation sites is 5. The van der Waals surface area contributed by atoms with Gasteiger partial charge < -0.3 is 13.6 Å². The Balaban J connectivity index is 0.000000147. The van der Waals surface area contributed by atoms with Gasteiger partial charge in [-0.15, -0.1) is 0 Å². The normalized spacial score (nSPS) is 11.2. The lowest BCUT2D eigenvalue weighted by molar-refractivity contribution is 0.622. The molecule has 0 aliphatic heterocycles. The van der Waals surface area contributed by atoms with Crippen LogP contribution in [0.25, 0.3) is 156 Å². The molecule has 0 aliphatic carbocycles.